The number of fused-ring (bicyclic) bond motifs is 6. The lowest BCUT2D eigenvalue weighted by Crippen LogP contribution is -2.52. The molecule has 0 aromatic carbocycles. The molecule has 84 heavy (non-hydrogen) atoms. The summed E-state index contributed by atoms with van der Waals surface area (Å²) in [6, 6.07) is 0. The Morgan fingerprint density at radius 3 is 1.61 bits per heavy atom. The van der Waals surface area contributed by atoms with E-state index in [0.29, 0.717) is 29.1 Å². The second kappa shape index (κ2) is 28.7. The van der Waals surface area contributed by atoms with Gasteiger partial charge < -0.3 is 37.9 Å². The maximum Gasteiger partial charge on any atom is 0.380 e. The number of hydrogen-bond acceptors (Lipinski definition) is 16. The molecule has 12 unspecified atom stereocenters. The van der Waals surface area contributed by atoms with Crippen molar-refractivity contribution in [2.45, 2.75) is 225 Å². The van der Waals surface area contributed by atoms with Gasteiger partial charge in [-0.2, -0.15) is 8.78 Å². The molecule has 0 spiro atoms. The topological polar surface area (TPSA) is 210 Å². The lowest BCUT2D eigenvalue weighted by Gasteiger charge is -2.55. The molecule has 1 aliphatic heterocycles. The Hall–Kier alpha value is -5.68. The summed E-state index contributed by atoms with van der Waals surface area (Å²) in [6.45, 7) is 29.3. The average molecular weight is 1180 g/mol. The smallest absolute Gasteiger partial charge is 0.380 e. The first-order valence-electron chi connectivity index (χ1n) is 30.7. The number of alkyl halides is 2. The molecule has 1 saturated heterocycles. The van der Waals surface area contributed by atoms with E-state index in [-0.39, 0.29) is 70.6 Å². The van der Waals surface area contributed by atoms with Gasteiger partial charge in [0.05, 0.1) is 26.1 Å². The second-order valence-electron chi connectivity index (χ2n) is 26.0. The minimum absolute atomic E-state index is 0.0147. The molecule has 11 aliphatic rings. The molecule has 0 N–H and O–H groups in total. The Labute approximate surface area is 496 Å². The monoisotopic (exact) mass is 1180 g/mol. The first kappa shape index (κ1) is 67.4. The fourth-order valence-electron chi connectivity index (χ4n) is 15.9. The van der Waals surface area contributed by atoms with E-state index >= 15 is 0 Å². The summed E-state index contributed by atoms with van der Waals surface area (Å²) in [5, 5.41) is 0. The summed E-state index contributed by atoms with van der Waals surface area (Å²) in [5.41, 5.74) is 1.53. The van der Waals surface area contributed by atoms with Crippen LogP contribution in [0.5, 0.6) is 0 Å². The van der Waals surface area contributed by atoms with Gasteiger partial charge in [-0.15, -0.1) is 0 Å². The van der Waals surface area contributed by atoms with Crippen LogP contribution < -0.4 is 0 Å². The van der Waals surface area contributed by atoms with E-state index < -0.39 is 59.9 Å². The number of methoxy groups -OCH3 is 2. The summed E-state index contributed by atoms with van der Waals surface area (Å²) >= 11 is 0. The minimum atomic E-state index is -3.85. The highest BCUT2D eigenvalue weighted by Gasteiger charge is 2.70. The van der Waals surface area contributed by atoms with Gasteiger partial charge in [0.25, 0.3) is 0 Å². The van der Waals surface area contributed by atoms with Gasteiger partial charge in [0.2, 0.25) is 0 Å². The molecule has 18 heteroatoms. The summed E-state index contributed by atoms with van der Waals surface area (Å²) < 4.78 is 67.6. The van der Waals surface area contributed by atoms with E-state index in [1.165, 1.54) is 98.0 Å². The van der Waals surface area contributed by atoms with Crippen molar-refractivity contribution in [2.75, 3.05) is 14.2 Å². The Kier molecular flexibility index (Phi) is 23.0. The SMILES string of the molecule is C=C(C)C(=O)OC(CC)C(F)(F)C(=O)OC.C=C(C)C(=O)OC1(CC)CCCCCCC1.C=C(C)C(=O)OC12CC3CC(CC(C3)C1)C2.C=C(C)C(=O)OC1C2CC3C1OC(=O)C3C2C(=O)OC.C=C(C)C(=O)OC1CC2CC1C1CCCC21. The first-order chi connectivity index (χ1) is 39.5. The Morgan fingerprint density at radius 1 is 0.595 bits per heavy atom. The molecule has 11 fully saturated rings. The van der Waals surface area contributed by atoms with Crippen molar-refractivity contribution in [1.29, 1.82) is 0 Å². The van der Waals surface area contributed by atoms with Crippen LogP contribution in [0.25, 0.3) is 0 Å². The Bertz CT molecular complexity index is 2490. The number of rotatable bonds is 15. The van der Waals surface area contributed by atoms with Crippen LogP contribution in [0.2, 0.25) is 0 Å². The molecule has 10 aliphatic carbocycles. The van der Waals surface area contributed by atoms with Gasteiger partial charge in [-0.25, -0.2) is 28.8 Å². The fraction of sp³-hybridized carbons (Fsp3) is 0.727. The van der Waals surface area contributed by atoms with Crippen molar-refractivity contribution in [3.63, 3.8) is 0 Å². The average Bonchev–Trinajstić information content (AvgIpc) is 1.76. The molecular weight excluding hydrogens is 1090 g/mol. The quantitative estimate of drug-likeness (QED) is 0.0848. The third-order valence-corrected chi connectivity index (χ3v) is 19.6. The third-order valence-electron chi connectivity index (χ3n) is 19.6. The zero-order chi connectivity index (χ0) is 62.2. The Morgan fingerprint density at radius 2 is 1.11 bits per heavy atom. The number of ether oxygens (including phenoxy) is 8. The standard InChI is InChI=1S/C14H16O6.2C14H20O2.C14H24O2.C10H14F2O4/c1-5(2)12(15)19-10-6-4-7-9(8(6)13(16)18-3)14(17)20-11(7)10;1-9(2)13(15)16-14-6-10-3-11(7-14)5-12(4-10)8-14;1-8(2)14(15)16-13-7-9-6-12(13)11-5-3-4-10(9)11;1-4-14(16-13(15)12(2)3)10-8-6-5-7-9-11-14;1-5-7(16-8(13)6(2)3)10(11,12)9(14)15-4/h6-11H,1,4H2,2-3H3;10-12H,1,3-8H2,2H3;9-13H,1,3-7H2,2H3;2,4-11H2,1,3H3;7H,2,5H2,1,3-4H3. The molecule has 11 rings (SSSR count). The van der Waals surface area contributed by atoms with Crippen molar-refractivity contribution >= 4 is 47.8 Å². The maximum absolute atomic E-state index is 13.3. The zero-order valence-electron chi connectivity index (χ0n) is 51.3. The molecule has 1 heterocycles. The van der Waals surface area contributed by atoms with Crippen LogP contribution in [-0.2, 0) is 76.3 Å². The van der Waals surface area contributed by atoms with Crippen LogP contribution in [0.3, 0.4) is 0 Å². The van der Waals surface area contributed by atoms with E-state index in [1.807, 2.05) is 0 Å². The molecular formula is C66H94F2O16. The molecule has 12 atom stereocenters. The first-order valence-corrected chi connectivity index (χ1v) is 30.7. The van der Waals surface area contributed by atoms with Gasteiger partial charge in [0.1, 0.15) is 29.5 Å². The predicted octanol–water partition coefficient (Wildman–Crippen LogP) is 12.2. The summed E-state index contributed by atoms with van der Waals surface area (Å²) in [7, 11) is 2.13. The molecule has 10 saturated carbocycles. The van der Waals surface area contributed by atoms with E-state index in [2.05, 4.69) is 49.3 Å². The van der Waals surface area contributed by atoms with Crippen LogP contribution in [0, 0.1) is 65.1 Å². The third kappa shape index (κ3) is 15.7. The molecule has 8 bridgehead atoms. The van der Waals surface area contributed by atoms with Crippen molar-refractivity contribution < 1.29 is 85.0 Å². The largest absolute Gasteiger partial charge is 0.469 e. The van der Waals surface area contributed by atoms with Gasteiger partial charge in [-0.1, -0.05) is 72.4 Å². The van der Waals surface area contributed by atoms with Crippen molar-refractivity contribution in [1.82, 2.24) is 0 Å². The number of hydrogen-bond donors (Lipinski definition) is 0. The molecule has 16 nitrogen and oxygen atoms in total. The maximum atomic E-state index is 13.3. The second-order valence-corrected chi connectivity index (χ2v) is 26.0. The van der Waals surface area contributed by atoms with Gasteiger partial charge in [-0.05, 0) is 185 Å². The summed E-state index contributed by atoms with van der Waals surface area (Å²) in [6.07, 6.45) is 21.0. The predicted molar refractivity (Wildman–Crippen MR) is 307 cm³/mol. The van der Waals surface area contributed by atoms with E-state index in [9.17, 15) is 47.1 Å². The highest BCUT2D eigenvalue weighted by molar-refractivity contribution is 5.90. The molecule has 0 aromatic heterocycles. The number of esters is 8. The lowest BCUT2D eigenvalue weighted by atomic mass is 9.54. The van der Waals surface area contributed by atoms with Gasteiger partial charge in [0, 0.05) is 39.7 Å². The fourth-order valence-corrected chi connectivity index (χ4v) is 15.9. The van der Waals surface area contributed by atoms with Crippen LogP contribution in [0.1, 0.15) is 183 Å². The van der Waals surface area contributed by atoms with Crippen molar-refractivity contribution in [2.24, 2.45) is 65.1 Å². The van der Waals surface area contributed by atoms with Gasteiger partial charge in [-0.3, -0.25) is 9.59 Å². The highest BCUT2D eigenvalue weighted by Crippen LogP contribution is 2.61. The van der Waals surface area contributed by atoms with E-state index in [0.717, 1.165) is 87.6 Å². The molecule has 0 amide bonds. The van der Waals surface area contributed by atoms with E-state index in [1.54, 1.807) is 27.7 Å². The lowest BCUT2D eigenvalue weighted by molar-refractivity contribution is -0.194. The minimum Gasteiger partial charge on any atom is -0.469 e. The van der Waals surface area contributed by atoms with Crippen LogP contribution in [-0.4, -0.2) is 104 Å². The van der Waals surface area contributed by atoms with Crippen LogP contribution in [0.15, 0.2) is 60.8 Å². The van der Waals surface area contributed by atoms with Gasteiger partial charge >= 0.3 is 53.7 Å². The highest BCUT2D eigenvalue weighted by atomic mass is 19.3. The molecule has 0 radical (unpaired) electrons. The number of halogens is 2. The van der Waals surface area contributed by atoms with Crippen LogP contribution >= 0.6 is 0 Å². The zero-order valence-corrected chi connectivity index (χ0v) is 51.3. The normalized spacial score (nSPS) is 32.9. The number of carbonyl (C=O) groups excluding carboxylic acids is 8. The van der Waals surface area contributed by atoms with E-state index in [4.69, 9.17) is 28.4 Å². The number of carbonyl (C=O) groups is 8. The molecule has 0 aromatic rings. The summed E-state index contributed by atoms with van der Waals surface area (Å²) in [5.74, 6) is -3.94. The van der Waals surface area contributed by atoms with Crippen molar-refractivity contribution in [3.8, 4) is 0 Å². The van der Waals surface area contributed by atoms with Crippen LogP contribution in [0.4, 0.5) is 8.78 Å². The summed E-state index contributed by atoms with van der Waals surface area (Å²) in [4.78, 5) is 92.3. The molecule has 468 valence electrons. The van der Waals surface area contributed by atoms with Crippen molar-refractivity contribution in [3.05, 3.63) is 60.8 Å². The Balaban J connectivity index is 0.000000169. The van der Waals surface area contributed by atoms with Gasteiger partial charge in [0.15, 0.2) is 6.10 Å².